The smallest absolute Gasteiger partial charge is 0.205 e. The zero-order valence-corrected chi connectivity index (χ0v) is 11.4. The van der Waals surface area contributed by atoms with Crippen LogP contribution in [0.1, 0.15) is 21.5 Å². The summed E-state index contributed by atoms with van der Waals surface area (Å²) >= 11 is 0. The highest BCUT2D eigenvalue weighted by Gasteiger charge is 2.23. The highest BCUT2D eigenvalue weighted by Crippen LogP contribution is 2.26. The van der Waals surface area contributed by atoms with E-state index in [9.17, 15) is 13.6 Å². The summed E-state index contributed by atoms with van der Waals surface area (Å²) < 4.78 is 28.0. The number of fused-ring (bicyclic) bond motifs is 1. The fourth-order valence-electron chi connectivity index (χ4n) is 2.24. The van der Waals surface area contributed by atoms with Crippen LogP contribution in [0.4, 0.5) is 14.5 Å². The largest absolute Gasteiger partial charge is 0.345 e. The topological polar surface area (TPSA) is 50.1 Å². The molecule has 0 aliphatic heterocycles. The van der Waals surface area contributed by atoms with E-state index in [0.717, 1.165) is 6.07 Å². The first-order valence-electron chi connectivity index (χ1n) is 6.37. The van der Waals surface area contributed by atoms with Gasteiger partial charge in [0.25, 0.3) is 0 Å². The Hall–Kier alpha value is -3.07. The molecule has 1 aromatic carbocycles. The summed E-state index contributed by atoms with van der Waals surface area (Å²) in [6.45, 7) is 8.44. The number of hydrogen-bond acceptors (Lipinski definition) is 2. The van der Waals surface area contributed by atoms with E-state index in [1.807, 2.05) is 0 Å². The first-order valence-corrected chi connectivity index (χ1v) is 6.37. The molecule has 0 bridgehead atoms. The Morgan fingerprint density at radius 1 is 1.36 bits per heavy atom. The van der Waals surface area contributed by atoms with Crippen LogP contribution < -0.4 is 0 Å². The van der Waals surface area contributed by atoms with Gasteiger partial charge in [0.15, 0.2) is 0 Å². The molecule has 2 heterocycles. The van der Waals surface area contributed by atoms with E-state index in [2.05, 4.69) is 14.8 Å². The van der Waals surface area contributed by atoms with Crippen molar-refractivity contribution in [3.8, 4) is 0 Å². The number of ketones is 1. The van der Waals surface area contributed by atoms with Crippen LogP contribution in [0.5, 0.6) is 0 Å². The Balaban J connectivity index is 2.22. The highest BCUT2D eigenvalue weighted by molar-refractivity contribution is 6.16. The molecule has 1 N–H and O–H groups in total. The molecule has 108 valence electrons. The van der Waals surface area contributed by atoms with Crippen molar-refractivity contribution in [2.24, 2.45) is 0 Å². The van der Waals surface area contributed by atoms with Crippen molar-refractivity contribution in [1.29, 1.82) is 0 Å². The number of aromatic nitrogens is 2. The minimum atomic E-state index is -0.920. The normalized spacial score (nSPS) is 10.6. The van der Waals surface area contributed by atoms with E-state index < -0.39 is 23.0 Å². The molecule has 4 nitrogen and oxygen atoms in total. The Labute approximate surface area is 124 Å². The van der Waals surface area contributed by atoms with Crippen LogP contribution in [0.3, 0.4) is 0 Å². The lowest BCUT2D eigenvalue weighted by Crippen LogP contribution is -2.08. The summed E-state index contributed by atoms with van der Waals surface area (Å²) in [4.78, 5) is 22.5. The number of nitrogens with zero attached hydrogens (tertiary/aromatic N) is 2. The molecule has 0 aliphatic rings. The second kappa shape index (κ2) is 5.04. The predicted molar refractivity (Wildman–Crippen MR) is 76.9 cm³/mol. The number of nitrogens with one attached hydrogen (secondary N) is 1. The predicted octanol–water partition coefficient (Wildman–Crippen LogP) is 3.93. The van der Waals surface area contributed by atoms with Gasteiger partial charge in [-0.2, -0.15) is 0 Å². The molecule has 22 heavy (non-hydrogen) atoms. The fraction of sp³-hybridized carbons (Fsp3) is 0.0625. The monoisotopic (exact) mass is 297 g/mol. The summed E-state index contributed by atoms with van der Waals surface area (Å²) in [5, 5.41) is 0.360. The van der Waals surface area contributed by atoms with Gasteiger partial charge in [-0.1, -0.05) is 6.07 Å². The maximum atomic E-state index is 14.1. The van der Waals surface area contributed by atoms with E-state index in [4.69, 9.17) is 6.57 Å². The first-order chi connectivity index (χ1) is 10.5. The van der Waals surface area contributed by atoms with Crippen LogP contribution in [0.15, 0.2) is 30.6 Å². The van der Waals surface area contributed by atoms with E-state index in [1.54, 1.807) is 0 Å². The van der Waals surface area contributed by atoms with E-state index in [-0.39, 0.29) is 16.8 Å². The Morgan fingerprint density at radius 2 is 2.14 bits per heavy atom. The molecule has 3 aromatic rings. The molecule has 2 aromatic heterocycles. The lowest BCUT2D eigenvalue weighted by atomic mass is 10.00. The third-order valence-electron chi connectivity index (χ3n) is 3.40. The van der Waals surface area contributed by atoms with Crippen molar-refractivity contribution < 1.29 is 13.6 Å². The van der Waals surface area contributed by atoms with E-state index >= 15 is 0 Å². The second-order valence-electron chi connectivity index (χ2n) is 4.79. The van der Waals surface area contributed by atoms with Crippen molar-refractivity contribution in [1.82, 2.24) is 9.97 Å². The van der Waals surface area contributed by atoms with Crippen molar-refractivity contribution in [2.75, 3.05) is 0 Å². The van der Waals surface area contributed by atoms with Gasteiger partial charge in [-0.15, -0.1) is 0 Å². The SMILES string of the molecule is [C-]#[N+]c1cnc2[nH]cc(C(=O)c3c(F)ccc(C)c3F)c2c1. The maximum absolute atomic E-state index is 14.1. The third-order valence-corrected chi connectivity index (χ3v) is 3.40. The average Bonchev–Trinajstić information content (AvgIpc) is 2.94. The van der Waals surface area contributed by atoms with Crippen LogP contribution in [-0.4, -0.2) is 15.8 Å². The molecule has 0 amide bonds. The molecular weight excluding hydrogens is 288 g/mol. The summed E-state index contributed by atoms with van der Waals surface area (Å²) in [5.41, 5.74) is 0.283. The summed E-state index contributed by atoms with van der Waals surface area (Å²) in [5.74, 6) is -2.58. The number of benzene rings is 1. The van der Waals surface area contributed by atoms with Crippen LogP contribution in [0, 0.1) is 25.1 Å². The number of H-pyrrole nitrogens is 1. The Morgan fingerprint density at radius 3 is 2.86 bits per heavy atom. The molecule has 3 rings (SSSR count). The third kappa shape index (κ3) is 2.04. The van der Waals surface area contributed by atoms with Gasteiger partial charge in [-0.25, -0.2) is 13.6 Å². The first kappa shape index (κ1) is 13.9. The van der Waals surface area contributed by atoms with Crippen molar-refractivity contribution in [3.63, 3.8) is 0 Å². The number of carbonyl (C=O) groups excluding carboxylic acids is 1. The van der Waals surface area contributed by atoms with Gasteiger partial charge in [-0.05, 0) is 24.6 Å². The molecule has 6 heteroatoms. The maximum Gasteiger partial charge on any atom is 0.205 e. The number of halogens is 2. The van der Waals surface area contributed by atoms with Crippen molar-refractivity contribution in [2.45, 2.75) is 6.92 Å². The van der Waals surface area contributed by atoms with E-state index in [0.29, 0.717) is 11.0 Å². The number of carbonyl (C=O) groups is 1. The van der Waals surface area contributed by atoms with Crippen LogP contribution in [0.2, 0.25) is 0 Å². The number of hydrogen-bond donors (Lipinski definition) is 1. The average molecular weight is 297 g/mol. The van der Waals surface area contributed by atoms with E-state index in [1.165, 1.54) is 31.5 Å². The van der Waals surface area contributed by atoms with Gasteiger partial charge in [0.05, 0.1) is 12.1 Å². The molecule has 0 saturated carbocycles. The summed E-state index contributed by atoms with van der Waals surface area (Å²) in [6, 6.07) is 3.79. The molecule has 0 spiro atoms. The zero-order chi connectivity index (χ0) is 15.9. The highest BCUT2D eigenvalue weighted by atomic mass is 19.1. The summed E-state index contributed by atoms with van der Waals surface area (Å²) in [6.07, 6.45) is 2.70. The molecule has 0 fully saturated rings. The van der Waals surface area contributed by atoms with Gasteiger partial charge >= 0.3 is 0 Å². The standard InChI is InChI=1S/C16H9F2N3O/c1-8-3-4-12(17)13(14(8)18)15(22)11-7-21-16-10(11)5-9(19-2)6-20-16/h3-7H,1H3,(H,20,21). The number of rotatable bonds is 2. The molecule has 0 radical (unpaired) electrons. The Kier molecular flexibility index (Phi) is 3.18. The number of aromatic amines is 1. The fourth-order valence-corrected chi connectivity index (χ4v) is 2.24. The second-order valence-corrected chi connectivity index (χ2v) is 4.79. The van der Waals surface area contributed by atoms with Crippen molar-refractivity contribution in [3.05, 3.63) is 70.3 Å². The van der Waals surface area contributed by atoms with Crippen LogP contribution in [-0.2, 0) is 0 Å². The lowest BCUT2D eigenvalue weighted by molar-refractivity contribution is 0.103. The lowest BCUT2D eigenvalue weighted by Gasteiger charge is -2.06. The zero-order valence-electron chi connectivity index (χ0n) is 11.4. The molecule has 0 unspecified atom stereocenters. The van der Waals surface area contributed by atoms with Gasteiger partial charge in [0.1, 0.15) is 17.3 Å². The van der Waals surface area contributed by atoms with Gasteiger partial charge < -0.3 is 4.98 Å². The van der Waals surface area contributed by atoms with Gasteiger partial charge in [0.2, 0.25) is 11.5 Å². The minimum Gasteiger partial charge on any atom is -0.345 e. The van der Waals surface area contributed by atoms with Crippen LogP contribution in [0.25, 0.3) is 15.9 Å². The molecular formula is C16H9F2N3O. The summed E-state index contributed by atoms with van der Waals surface area (Å²) in [7, 11) is 0. The molecule has 0 aliphatic carbocycles. The number of aryl methyl sites for hydroxylation is 1. The van der Waals surface area contributed by atoms with Crippen molar-refractivity contribution >= 4 is 22.5 Å². The van der Waals surface area contributed by atoms with Gasteiger partial charge in [-0.3, -0.25) is 9.78 Å². The number of pyridine rings is 1. The quantitative estimate of drug-likeness (QED) is 0.575. The van der Waals surface area contributed by atoms with Crippen LogP contribution >= 0.6 is 0 Å². The Bertz CT molecular complexity index is 954. The van der Waals surface area contributed by atoms with Gasteiger partial charge in [0, 0.05) is 23.3 Å². The molecule has 0 atom stereocenters. The molecule has 0 saturated heterocycles. The minimum absolute atomic E-state index is 0.0800.